The predicted molar refractivity (Wildman–Crippen MR) is 226 cm³/mol. The fraction of sp³-hybridized carbons (Fsp3) is 0.304. The van der Waals surface area contributed by atoms with E-state index in [1.165, 1.54) is 48.7 Å². The summed E-state index contributed by atoms with van der Waals surface area (Å²) in [5.74, 6) is -1.28. The molecule has 0 saturated carbocycles. The van der Waals surface area contributed by atoms with Crippen LogP contribution >= 0.6 is 0 Å². The number of aliphatic hydroxyl groups excluding tert-OH is 1. The van der Waals surface area contributed by atoms with Crippen LogP contribution in [0.2, 0.25) is 5.04 Å². The highest BCUT2D eigenvalue weighted by Gasteiger charge is 2.60. The Balaban J connectivity index is 1.42. The summed E-state index contributed by atoms with van der Waals surface area (Å²) < 4.78 is 61.4. The van der Waals surface area contributed by atoms with E-state index in [-0.39, 0.29) is 40.6 Å². The van der Waals surface area contributed by atoms with Crippen LogP contribution in [0.5, 0.6) is 40.2 Å². The SMILES string of the molecule is COC(=O)c1cc2cc3c(c(OC)c2c(=O)o1)OC1(CC3O[Si](c2ccccc2)(c2ccccc2)C(C)(C)C)Oc2c(cc3c(OC)cc(OC)c(OC)c3c2OC)C1O. The van der Waals surface area contributed by atoms with Gasteiger partial charge >= 0.3 is 11.6 Å². The zero-order valence-corrected chi connectivity index (χ0v) is 35.8. The Bertz CT molecular complexity index is 2650. The lowest BCUT2D eigenvalue weighted by molar-refractivity contribution is -0.197. The van der Waals surface area contributed by atoms with Crippen LogP contribution in [0.1, 0.15) is 61.1 Å². The third kappa shape index (κ3) is 6.03. The molecule has 60 heavy (non-hydrogen) atoms. The number of rotatable bonds is 10. The van der Waals surface area contributed by atoms with Gasteiger partial charge in [-0.2, -0.15) is 0 Å². The van der Waals surface area contributed by atoms with Gasteiger partial charge in [0.05, 0.1) is 60.6 Å². The number of carbonyl (C=O) groups excluding carboxylic acids is 1. The number of hydrogen-bond donors (Lipinski definition) is 1. The monoisotopic (exact) mass is 834 g/mol. The molecule has 2 aliphatic rings. The first-order valence-electron chi connectivity index (χ1n) is 19.3. The first-order chi connectivity index (χ1) is 28.8. The second kappa shape index (κ2) is 15.1. The Morgan fingerprint density at radius 1 is 0.717 bits per heavy atom. The van der Waals surface area contributed by atoms with E-state index in [1.807, 2.05) is 36.4 Å². The number of carbonyl (C=O) groups is 1. The highest BCUT2D eigenvalue weighted by atomic mass is 28.4. The molecule has 312 valence electrons. The molecule has 3 atom stereocenters. The lowest BCUT2D eigenvalue weighted by atomic mass is 9.89. The number of esters is 1. The van der Waals surface area contributed by atoms with E-state index in [9.17, 15) is 14.7 Å². The van der Waals surface area contributed by atoms with Crippen LogP contribution in [0.25, 0.3) is 21.5 Å². The maximum Gasteiger partial charge on any atom is 0.374 e. The van der Waals surface area contributed by atoms with Crippen molar-refractivity contribution in [2.75, 3.05) is 42.7 Å². The molecular formula is C46H46O13Si. The van der Waals surface area contributed by atoms with Gasteiger partial charge in [0.25, 0.3) is 14.1 Å². The quantitative estimate of drug-likeness (QED) is 0.112. The zero-order chi connectivity index (χ0) is 42.7. The molecule has 0 fully saturated rings. The van der Waals surface area contributed by atoms with Crippen LogP contribution in [0.4, 0.5) is 0 Å². The Morgan fingerprint density at radius 2 is 1.28 bits per heavy atom. The minimum atomic E-state index is -3.37. The van der Waals surface area contributed by atoms with Crippen molar-refractivity contribution in [1.82, 2.24) is 0 Å². The van der Waals surface area contributed by atoms with Gasteiger partial charge in [-0.05, 0) is 39.0 Å². The van der Waals surface area contributed by atoms with E-state index in [0.29, 0.717) is 44.5 Å². The van der Waals surface area contributed by atoms with E-state index in [1.54, 1.807) is 18.2 Å². The number of methoxy groups -OCH3 is 6. The van der Waals surface area contributed by atoms with Crippen molar-refractivity contribution in [3.05, 3.63) is 112 Å². The third-order valence-electron chi connectivity index (χ3n) is 11.5. The Hall–Kier alpha value is -6.22. The average Bonchev–Trinajstić information content (AvgIpc) is 3.51. The molecule has 0 amide bonds. The van der Waals surface area contributed by atoms with Crippen LogP contribution in [0.3, 0.4) is 0 Å². The predicted octanol–water partition coefficient (Wildman–Crippen LogP) is 7.00. The maximum atomic E-state index is 13.8. The zero-order valence-electron chi connectivity index (χ0n) is 34.8. The lowest BCUT2D eigenvalue weighted by Crippen LogP contribution is -2.67. The van der Waals surface area contributed by atoms with Crippen molar-refractivity contribution >= 4 is 46.2 Å². The second-order valence-corrected chi connectivity index (χ2v) is 19.9. The average molecular weight is 835 g/mol. The van der Waals surface area contributed by atoms with E-state index in [4.69, 9.17) is 46.7 Å². The molecule has 14 heteroatoms. The van der Waals surface area contributed by atoms with Crippen molar-refractivity contribution in [1.29, 1.82) is 0 Å². The summed E-state index contributed by atoms with van der Waals surface area (Å²) in [6.07, 6.45) is -2.40. The first kappa shape index (κ1) is 40.6. The van der Waals surface area contributed by atoms with E-state index in [2.05, 4.69) is 45.0 Å². The van der Waals surface area contributed by atoms with Crippen LogP contribution in [0, 0.1) is 0 Å². The van der Waals surface area contributed by atoms with Gasteiger partial charge in [-0.25, -0.2) is 9.59 Å². The fourth-order valence-electron chi connectivity index (χ4n) is 8.85. The van der Waals surface area contributed by atoms with Gasteiger partial charge in [-0.15, -0.1) is 0 Å². The molecule has 8 rings (SSSR count). The topological polar surface area (TPSA) is 151 Å². The van der Waals surface area contributed by atoms with Gasteiger partial charge < -0.3 is 51.8 Å². The maximum absolute atomic E-state index is 13.8. The van der Waals surface area contributed by atoms with Crippen molar-refractivity contribution in [3.63, 3.8) is 0 Å². The third-order valence-corrected chi connectivity index (χ3v) is 16.5. The minimum Gasteiger partial charge on any atom is -0.496 e. The van der Waals surface area contributed by atoms with Crippen LogP contribution in [-0.4, -0.2) is 67.8 Å². The molecule has 5 aromatic carbocycles. The van der Waals surface area contributed by atoms with Gasteiger partial charge in [0.2, 0.25) is 5.76 Å². The minimum absolute atomic E-state index is 0.0000362. The summed E-state index contributed by atoms with van der Waals surface area (Å²) in [5.41, 5.74) is -0.0201. The molecule has 6 aromatic rings. The molecule has 0 saturated heterocycles. The lowest BCUT2D eigenvalue weighted by Gasteiger charge is -2.48. The summed E-state index contributed by atoms with van der Waals surface area (Å²) in [6.45, 7) is 6.48. The highest BCUT2D eigenvalue weighted by molar-refractivity contribution is 6.99. The van der Waals surface area contributed by atoms with Gasteiger partial charge in [0.1, 0.15) is 11.1 Å². The number of ether oxygens (including phenoxy) is 8. The molecule has 0 aliphatic carbocycles. The van der Waals surface area contributed by atoms with Crippen molar-refractivity contribution in [2.24, 2.45) is 0 Å². The summed E-state index contributed by atoms with van der Waals surface area (Å²) in [6, 6.07) is 26.8. The van der Waals surface area contributed by atoms with Crippen molar-refractivity contribution in [3.8, 4) is 40.2 Å². The Labute approximate surface area is 347 Å². The fourth-order valence-corrected chi connectivity index (χ4v) is 13.5. The summed E-state index contributed by atoms with van der Waals surface area (Å²) in [4.78, 5) is 26.5. The molecule has 1 N–H and O–H groups in total. The largest absolute Gasteiger partial charge is 0.496 e. The molecule has 0 bridgehead atoms. The smallest absolute Gasteiger partial charge is 0.374 e. The van der Waals surface area contributed by atoms with E-state index >= 15 is 0 Å². The van der Waals surface area contributed by atoms with Gasteiger partial charge in [0, 0.05) is 22.6 Å². The first-order valence-corrected chi connectivity index (χ1v) is 21.2. The second-order valence-electron chi connectivity index (χ2n) is 15.6. The summed E-state index contributed by atoms with van der Waals surface area (Å²) in [5, 5.41) is 15.6. The molecule has 3 heterocycles. The molecule has 0 radical (unpaired) electrons. The molecule has 2 aliphatic heterocycles. The van der Waals surface area contributed by atoms with Crippen LogP contribution in [-0.2, 0) is 9.16 Å². The number of fused-ring (bicyclic) bond motifs is 4. The molecular weight excluding hydrogens is 789 g/mol. The van der Waals surface area contributed by atoms with Gasteiger partial charge in [0.15, 0.2) is 40.6 Å². The highest BCUT2D eigenvalue weighted by Crippen LogP contribution is 2.61. The van der Waals surface area contributed by atoms with Crippen LogP contribution < -0.4 is 49.2 Å². The Morgan fingerprint density at radius 3 is 1.82 bits per heavy atom. The van der Waals surface area contributed by atoms with Gasteiger partial charge in [-0.3, -0.25) is 0 Å². The number of aliphatic hydroxyl groups is 1. The standard InChI is InChI=1S/C46H46O13Si/c1-45(2,3)60(26-16-12-10-13-17-26,27-18-14-11-15-19-27)59-34-24-46(57-37-29(34)20-25-21-33(43(48)55-9)56-44(49)35(25)40(37)53-7)42(47)30-22-28-31(50-4)23-32(51-5)39(52-6)36(28)41(54-8)38(30)58-46/h10-23,34,42,47H,24H2,1-9H3. The van der Waals surface area contributed by atoms with E-state index in [0.717, 1.165) is 10.4 Å². The van der Waals surface area contributed by atoms with Crippen LogP contribution in [0.15, 0.2) is 94.1 Å². The molecule has 1 aromatic heterocycles. The summed E-state index contributed by atoms with van der Waals surface area (Å²) >= 11 is 0. The van der Waals surface area contributed by atoms with Crippen molar-refractivity contribution in [2.45, 2.75) is 50.2 Å². The van der Waals surface area contributed by atoms with Gasteiger partial charge in [-0.1, -0.05) is 81.4 Å². The molecule has 13 nitrogen and oxygen atoms in total. The molecule has 1 spiro atoms. The normalized spacial score (nSPS) is 18.3. The Kier molecular flexibility index (Phi) is 10.2. The van der Waals surface area contributed by atoms with E-state index < -0.39 is 42.9 Å². The molecule has 3 unspecified atom stereocenters. The number of benzene rings is 5. The number of hydrogen-bond acceptors (Lipinski definition) is 13. The van der Waals surface area contributed by atoms with Crippen molar-refractivity contribution < 1.29 is 56.6 Å². The summed E-state index contributed by atoms with van der Waals surface area (Å²) in [7, 11) is 5.29.